The van der Waals surface area contributed by atoms with E-state index < -0.39 is 10.0 Å². The number of aromatic nitrogens is 2. The second-order valence-corrected chi connectivity index (χ2v) is 7.93. The third kappa shape index (κ3) is 3.13. The Kier molecular flexibility index (Phi) is 4.17. The molecule has 9 heteroatoms. The molecule has 0 unspecified atom stereocenters. The summed E-state index contributed by atoms with van der Waals surface area (Å²) < 4.78 is 28.7. The molecule has 0 aromatic carbocycles. The molecule has 2 fully saturated rings. The molecule has 2 aliphatic rings. The maximum absolute atomic E-state index is 12.3. The summed E-state index contributed by atoms with van der Waals surface area (Å²) in [6.45, 7) is 1.19. The minimum Gasteiger partial charge on any atom is -0.342 e. The zero-order chi connectivity index (χ0) is 15.9. The first-order chi connectivity index (χ1) is 10.4. The van der Waals surface area contributed by atoms with Gasteiger partial charge >= 0.3 is 0 Å². The van der Waals surface area contributed by atoms with Crippen LogP contribution in [-0.4, -0.2) is 47.9 Å². The number of imidazole rings is 1. The normalized spacial score (nSPS) is 20.4. The average molecular weight is 347 g/mol. The van der Waals surface area contributed by atoms with E-state index in [0.29, 0.717) is 25.9 Å². The highest BCUT2D eigenvalue weighted by Crippen LogP contribution is 2.32. The van der Waals surface area contributed by atoms with Gasteiger partial charge in [-0.1, -0.05) is 11.6 Å². The molecule has 1 aromatic heterocycles. The van der Waals surface area contributed by atoms with Crippen molar-refractivity contribution in [3.63, 3.8) is 0 Å². The molecular formula is C13H19ClN4O3S. The van der Waals surface area contributed by atoms with Gasteiger partial charge in [-0.3, -0.25) is 4.79 Å². The predicted molar refractivity (Wildman–Crippen MR) is 80.9 cm³/mol. The molecule has 1 amide bonds. The summed E-state index contributed by atoms with van der Waals surface area (Å²) in [7, 11) is -2.09. The first-order valence-corrected chi connectivity index (χ1v) is 9.22. The molecule has 1 saturated heterocycles. The number of rotatable bonds is 4. The maximum Gasteiger partial charge on any atom is 0.261 e. The first-order valence-electron chi connectivity index (χ1n) is 7.36. The number of nitrogens with zero attached hydrogens (tertiary/aromatic N) is 3. The highest BCUT2D eigenvalue weighted by Gasteiger charge is 2.36. The number of likely N-dealkylation sites (tertiary alicyclic amines) is 1. The zero-order valence-electron chi connectivity index (χ0n) is 12.3. The van der Waals surface area contributed by atoms with Crippen molar-refractivity contribution in [1.29, 1.82) is 0 Å². The smallest absolute Gasteiger partial charge is 0.261 e. The Hall–Kier alpha value is -1.12. The van der Waals surface area contributed by atoms with E-state index in [9.17, 15) is 13.2 Å². The molecule has 122 valence electrons. The second kappa shape index (κ2) is 5.82. The van der Waals surface area contributed by atoms with E-state index in [1.165, 1.54) is 10.9 Å². The van der Waals surface area contributed by atoms with Gasteiger partial charge in [-0.05, 0) is 25.7 Å². The molecule has 0 bridgehead atoms. The summed E-state index contributed by atoms with van der Waals surface area (Å²) in [6, 6.07) is -0.189. The Labute approximate surface area is 134 Å². The molecule has 1 aliphatic heterocycles. The van der Waals surface area contributed by atoms with Crippen molar-refractivity contribution in [3.8, 4) is 0 Å². The molecule has 7 nitrogen and oxygen atoms in total. The minimum atomic E-state index is -3.73. The number of carbonyl (C=O) groups excluding carboxylic acids is 1. The lowest BCUT2D eigenvalue weighted by atomic mass is 10.1. The van der Waals surface area contributed by atoms with Crippen LogP contribution in [0.1, 0.15) is 25.7 Å². The van der Waals surface area contributed by atoms with E-state index in [2.05, 4.69) is 9.71 Å². The number of nitrogens with one attached hydrogen (secondary N) is 1. The third-order valence-electron chi connectivity index (χ3n) is 4.14. The van der Waals surface area contributed by atoms with Gasteiger partial charge in [0.25, 0.3) is 10.0 Å². The van der Waals surface area contributed by atoms with E-state index in [0.717, 1.165) is 12.8 Å². The number of hydrogen-bond donors (Lipinski definition) is 1. The quantitative estimate of drug-likeness (QED) is 0.872. The lowest BCUT2D eigenvalue weighted by Crippen LogP contribution is -2.47. The summed E-state index contributed by atoms with van der Waals surface area (Å²) >= 11 is 5.95. The van der Waals surface area contributed by atoms with Crippen molar-refractivity contribution in [2.75, 3.05) is 13.1 Å². The number of halogens is 1. The van der Waals surface area contributed by atoms with E-state index >= 15 is 0 Å². The van der Waals surface area contributed by atoms with Crippen LogP contribution >= 0.6 is 11.6 Å². The van der Waals surface area contributed by atoms with Gasteiger partial charge in [-0.25, -0.2) is 18.1 Å². The molecule has 1 saturated carbocycles. The van der Waals surface area contributed by atoms with Crippen LogP contribution in [0.3, 0.4) is 0 Å². The molecule has 2 heterocycles. The van der Waals surface area contributed by atoms with Crippen LogP contribution in [0.15, 0.2) is 11.4 Å². The summed E-state index contributed by atoms with van der Waals surface area (Å²) in [5.74, 6) is 0.426. The van der Waals surface area contributed by atoms with Gasteiger partial charge in [0.05, 0.1) is 6.33 Å². The molecule has 0 atom stereocenters. The van der Waals surface area contributed by atoms with E-state index in [4.69, 9.17) is 11.6 Å². The molecule has 0 spiro atoms. The number of sulfonamides is 1. The van der Waals surface area contributed by atoms with E-state index in [1.807, 2.05) is 4.90 Å². The van der Waals surface area contributed by atoms with E-state index in [-0.39, 0.29) is 28.0 Å². The van der Waals surface area contributed by atoms with Gasteiger partial charge < -0.3 is 9.47 Å². The number of piperidine rings is 1. The van der Waals surface area contributed by atoms with Crippen LogP contribution in [0, 0.1) is 5.92 Å². The highest BCUT2D eigenvalue weighted by atomic mass is 35.5. The van der Waals surface area contributed by atoms with Crippen LogP contribution in [0.4, 0.5) is 0 Å². The van der Waals surface area contributed by atoms with Crippen molar-refractivity contribution < 1.29 is 13.2 Å². The molecule has 1 N–H and O–H groups in total. The first kappa shape index (κ1) is 15.8. The van der Waals surface area contributed by atoms with Gasteiger partial charge in [-0.15, -0.1) is 0 Å². The van der Waals surface area contributed by atoms with Crippen molar-refractivity contribution in [3.05, 3.63) is 11.5 Å². The summed E-state index contributed by atoms with van der Waals surface area (Å²) in [5, 5.41) is -0.0537. The Balaban J connectivity index is 1.60. The Morgan fingerprint density at radius 2 is 1.95 bits per heavy atom. The zero-order valence-corrected chi connectivity index (χ0v) is 13.9. The topological polar surface area (TPSA) is 84.3 Å². The Morgan fingerprint density at radius 1 is 1.32 bits per heavy atom. The lowest BCUT2D eigenvalue weighted by Gasteiger charge is -2.32. The van der Waals surface area contributed by atoms with Crippen molar-refractivity contribution in [2.45, 2.75) is 36.8 Å². The predicted octanol–water partition coefficient (Wildman–Crippen LogP) is 0.753. The fourth-order valence-electron chi connectivity index (χ4n) is 2.66. The molecule has 3 rings (SSSR count). The van der Waals surface area contributed by atoms with Gasteiger partial charge in [0.2, 0.25) is 10.9 Å². The molecular weight excluding hydrogens is 328 g/mol. The standard InChI is InChI=1S/C13H19ClN4O3S/c1-17-8-15-12(11(17)14)22(20,21)16-10-4-6-18(7-5-10)13(19)9-2-3-9/h8-10,16H,2-7H2,1H3. The summed E-state index contributed by atoms with van der Waals surface area (Å²) in [5.41, 5.74) is 0. The number of aryl methyl sites for hydroxylation is 1. The van der Waals surface area contributed by atoms with Crippen LogP contribution in [-0.2, 0) is 21.9 Å². The lowest BCUT2D eigenvalue weighted by molar-refractivity contribution is -0.133. The third-order valence-corrected chi connectivity index (χ3v) is 6.15. The van der Waals surface area contributed by atoms with Crippen molar-refractivity contribution in [1.82, 2.24) is 19.2 Å². The summed E-state index contributed by atoms with van der Waals surface area (Å²) in [6.07, 6.45) is 4.57. The Bertz CT molecular complexity index is 675. The monoisotopic (exact) mass is 346 g/mol. The molecule has 1 aliphatic carbocycles. The highest BCUT2D eigenvalue weighted by molar-refractivity contribution is 7.89. The largest absolute Gasteiger partial charge is 0.342 e. The molecule has 22 heavy (non-hydrogen) atoms. The number of hydrogen-bond acceptors (Lipinski definition) is 4. The fraction of sp³-hybridized carbons (Fsp3) is 0.692. The van der Waals surface area contributed by atoms with Gasteiger partial charge in [0.1, 0.15) is 5.15 Å². The Morgan fingerprint density at radius 3 is 2.45 bits per heavy atom. The fourth-order valence-corrected chi connectivity index (χ4v) is 4.39. The maximum atomic E-state index is 12.3. The second-order valence-electron chi connectivity index (χ2n) is 5.95. The van der Waals surface area contributed by atoms with Gasteiger partial charge in [0, 0.05) is 32.1 Å². The summed E-state index contributed by atoms with van der Waals surface area (Å²) in [4.78, 5) is 17.7. The number of amides is 1. The van der Waals surface area contributed by atoms with E-state index in [1.54, 1.807) is 7.05 Å². The minimum absolute atomic E-state index is 0.0915. The molecule has 1 aromatic rings. The van der Waals surface area contributed by atoms with Crippen molar-refractivity contribution in [2.24, 2.45) is 13.0 Å². The average Bonchev–Trinajstić information content (AvgIpc) is 3.26. The molecule has 0 radical (unpaired) electrons. The van der Waals surface area contributed by atoms with Crippen LogP contribution in [0.2, 0.25) is 5.15 Å². The van der Waals surface area contributed by atoms with Gasteiger partial charge in [0.15, 0.2) is 0 Å². The van der Waals surface area contributed by atoms with Gasteiger partial charge in [-0.2, -0.15) is 0 Å². The van der Waals surface area contributed by atoms with Crippen LogP contribution < -0.4 is 4.72 Å². The SMILES string of the molecule is Cn1cnc(S(=O)(=O)NC2CCN(C(=O)C3CC3)CC2)c1Cl. The van der Waals surface area contributed by atoms with Crippen LogP contribution in [0.25, 0.3) is 0 Å². The number of carbonyl (C=O) groups is 1. The van der Waals surface area contributed by atoms with Crippen LogP contribution in [0.5, 0.6) is 0 Å². The van der Waals surface area contributed by atoms with Crippen molar-refractivity contribution >= 4 is 27.5 Å².